The van der Waals surface area contributed by atoms with E-state index in [0.717, 1.165) is 40.4 Å². The molecule has 2 atom stereocenters. The van der Waals surface area contributed by atoms with Gasteiger partial charge in [-0.05, 0) is 43.2 Å². The van der Waals surface area contributed by atoms with Crippen molar-refractivity contribution in [3.63, 3.8) is 0 Å². The van der Waals surface area contributed by atoms with Crippen molar-refractivity contribution in [2.45, 2.75) is 25.9 Å². The molecule has 2 fully saturated rings. The predicted octanol–water partition coefficient (Wildman–Crippen LogP) is 3.58. The van der Waals surface area contributed by atoms with Crippen molar-refractivity contribution < 1.29 is 9.53 Å². The molecule has 0 saturated heterocycles. The molecular formula is C15H18BrNO2. The number of amides is 1. The molecule has 0 aromatic heterocycles. The zero-order valence-corrected chi connectivity index (χ0v) is 12.6. The molecule has 3 nitrogen and oxygen atoms in total. The van der Waals surface area contributed by atoms with Crippen molar-refractivity contribution in [3.8, 4) is 0 Å². The van der Waals surface area contributed by atoms with Gasteiger partial charge in [0.15, 0.2) is 0 Å². The molecule has 0 spiro atoms. The van der Waals surface area contributed by atoms with E-state index < -0.39 is 0 Å². The van der Waals surface area contributed by atoms with Crippen LogP contribution in [-0.2, 0) is 16.1 Å². The Morgan fingerprint density at radius 1 is 1.37 bits per heavy atom. The van der Waals surface area contributed by atoms with Crippen LogP contribution in [-0.4, -0.2) is 13.0 Å². The Bertz CT molecular complexity index is 493. The normalized spacial score (nSPS) is 28.0. The number of carbonyl (C=O) groups excluding carboxylic acids is 1. The molecule has 0 heterocycles. The Morgan fingerprint density at radius 2 is 2.11 bits per heavy atom. The second-order valence-corrected chi connectivity index (χ2v) is 6.47. The first-order chi connectivity index (χ1) is 9.19. The number of nitrogens with one attached hydrogen (secondary N) is 1. The van der Waals surface area contributed by atoms with E-state index in [2.05, 4.69) is 21.2 Å². The van der Waals surface area contributed by atoms with Gasteiger partial charge in [0.2, 0.25) is 5.91 Å². The highest BCUT2D eigenvalue weighted by Gasteiger charge is 2.48. The Hall–Kier alpha value is -0.870. The van der Waals surface area contributed by atoms with Crippen molar-refractivity contribution in [3.05, 3.63) is 28.2 Å². The van der Waals surface area contributed by atoms with Gasteiger partial charge in [-0.15, -0.1) is 0 Å². The fourth-order valence-corrected chi connectivity index (χ4v) is 3.61. The van der Waals surface area contributed by atoms with Crippen LogP contribution in [0.4, 0.5) is 5.69 Å². The van der Waals surface area contributed by atoms with Crippen LogP contribution < -0.4 is 5.32 Å². The lowest BCUT2D eigenvalue weighted by molar-refractivity contribution is -0.120. The number of ether oxygens (including phenoxy) is 1. The maximum Gasteiger partial charge on any atom is 0.227 e. The minimum absolute atomic E-state index is 0.169. The third kappa shape index (κ3) is 2.70. The van der Waals surface area contributed by atoms with E-state index in [1.165, 1.54) is 6.42 Å². The minimum atomic E-state index is 0.169. The summed E-state index contributed by atoms with van der Waals surface area (Å²) in [5, 5.41) is 3.07. The molecule has 2 aliphatic carbocycles. The maximum atomic E-state index is 12.3. The molecule has 2 unspecified atom stereocenters. The van der Waals surface area contributed by atoms with Gasteiger partial charge in [-0.25, -0.2) is 0 Å². The van der Waals surface area contributed by atoms with Crippen LogP contribution in [0, 0.1) is 17.8 Å². The lowest BCUT2D eigenvalue weighted by Crippen LogP contribution is -2.22. The highest BCUT2D eigenvalue weighted by Crippen LogP contribution is 2.54. The quantitative estimate of drug-likeness (QED) is 0.919. The molecular weight excluding hydrogens is 306 g/mol. The summed E-state index contributed by atoms with van der Waals surface area (Å²) in [5.74, 6) is 2.04. The number of hydrogen-bond acceptors (Lipinski definition) is 2. The van der Waals surface area contributed by atoms with Gasteiger partial charge < -0.3 is 10.1 Å². The number of fused-ring (bicyclic) bond motifs is 1. The lowest BCUT2D eigenvalue weighted by atomic mass is 10.0. The zero-order chi connectivity index (χ0) is 13.4. The van der Waals surface area contributed by atoms with E-state index in [9.17, 15) is 4.79 Å². The lowest BCUT2D eigenvalue weighted by Gasteiger charge is -2.16. The first-order valence-corrected chi connectivity index (χ1v) is 7.55. The summed E-state index contributed by atoms with van der Waals surface area (Å²) in [7, 11) is 1.66. The molecule has 0 bridgehead atoms. The smallest absolute Gasteiger partial charge is 0.227 e. The van der Waals surface area contributed by atoms with Crippen LogP contribution in [0.3, 0.4) is 0 Å². The Balaban J connectivity index is 1.71. The number of rotatable bonds is 4. The molecule has 1 amide bonds. The molecule has 19 heavy (non-hydrogen) atoms. The van der Waals surface area contributed by atoms with E-state index in [1.54, 1.807) is 7.11 Å². The Morgan fingerprint density at radius 3 is 2.79 bits per heavy atom. The average Bonchev–Trinajstić information content (AvgIpc) is 3.00. The molecule has 102 valence electrons. The van der Waals surface area contributed by atoms with Crippen molar-refractivity contribution in [1.82, 2.24) is 0 Å². The monoisotopic (exact) mass is 323 g/mol. The SMILES string of the molecule is COCc1c(Br)cccc1NC(=O)C1CC2CC2C1. The number of carbonyl (C=O) groups is 1. The summed E-state index contributed by atoms with van der Waals surface area (Å²) < 4.78 is 6.17. The van der Waals surface area contributed by atoms with E-state index in [4.69, 9.17) is 4.74 Å². The Kier molecular flexibility index (Phi) is 3.63. The number of methoxy groups -OCH3 is 1. The minimum Gasteiger partial charge on any atom is -0.380 e. The van der Waals surface area contributed by atoms with Gasteiger partial charge in [0.05, 0.1) is 6.61 Å². The predicted molar refractivity (Wildman–Crippen MR) is 77.8 cm³/mol. The van der Waals surface area contributed by atoms with Crippen LogP contribution in [0.25, 0.3) is 0 Å². The van der Waals surface area contributed by atoms with Gasteiger partial charge in [-0.1, -0.05) is 22.0 Å². The van der Waals surface area contributed by atoms with Crippen LogP contribution >= 0.6 is 15.9 Å². The van der Waals surface area contributed by atoms with E-state index in [-0.39, 0.29) is 11.8 Å². The summed E-state index contributed by atoms with van der Waals surface area (Å²) in [6, 6.07) is 5.84. The summed E-state index contributed by atoms with van der Waals surface area (Å²) in [4.78, 5) is 12.3. The molecule has 3 rings (SSSR count). The summed E-state index contributed by atoms with van der Waals surface area (Å²) in [6.07, 6.45) is 3.49. The molecule has 1 N–H and O–H groups in total. The second kappa shape index (κ2) is 5.25. The van der Waals surface area contributed by atoms with Crippen molar-refractivity contribution in [2.75, 3.05) is 12.4 Å². The molecule has 0 aliphatic heterocycles. The summed E-state index contributed by atoms with van der Waals surface area (Å²) in [5.41, 5.74) is 1.86. The van der Waals surface area contributed by atoms with Gasteiger partial charge in [-0.2, -0.15) is 0 Å². The van der Waals surface area contributed by atoms with Crippen molar-refractivity contribution in [1.29, 1.82) is 0 Å². The highest BCUT2D eigenvalue weighted by atomic mass is 79.9. The topological polar surface area (TPSA) is 38.3 Å². The number of halogens is 1. The van der Waals surface area contributed by atoms with E-state index in [0.29, 0.717) is 6.61 Å². The van der Waals surface area contributed by atoms with Gasteiger partial charge in [-0.3, -0.25) is 4.79 Å². The van der Waals surface area contributed by atoms with Crippen molar-refractivity contribution in [2.24, 2.45) is 17.8 Å². The summed E-state index contributed by atoms with van der Waals surface area (Å²) >= 11 is 3.51. The maximum absolute atomic E-state index is 12.3. The molecule has 0 radical (unpaired) electrons. The Labute approximate surface area is 121 Å². The molecule has 4 heteroatoms. The third-order valence-electron chi connectivity index (χ3n) is 4.28. The number of anilines is 1. The van der Waals surface area contributed by atoms with Crippen LogP contribution in [0.5, 0.6) is 0 Å². The average molecular weight is 324 g/mol. The van der Waals surface area contributed by atoms with Gasteiger partial charge in [0, 0.05) is 28.8 Å². The fourth-order valence-electron chi connectivity index (χ4n) is 3.13. The molecule has 2 saturated carbocycles. The largest absolute Gasteiger partial charge is 0.380 e. The molecule has 2 aliphatic rings. The third-order valence-corrected chi connectivity index (χ3v) is 5.02. The fraction of sp³-hybridized carbons (Fsp3) is 0.533. The van der Waals surface area contributed by atoms with Crippen molar-refractivity contribution >= 4 is 27.5 Å². The van der Waals surface area contributed by atoms with Crippen LogP contribution in [0.2, 0.25) is 0 Å². The van der Waals surface area contributed by atoms with Gasteiger partial charge in [0.1, 0.15) is 0 Å². The standard InChI is InChI=1S/C15H18BrNO2/c1-19-8-12-13(16)3-2-4-14(12)17-15(18)11-6-9-5-10(9)7-11/h2-4,9-11H,5-8H2,1H3,(H,17,18). The van der Waals surface area contributed by atoms with Crippen LogP contribution in [0.1, 0.15) is 24.8 Å². The number of hydrogen-bond donors (Lipinski definition) is 1. The van der Waals surface area contributed by atoms with Gasteiger partial charge >= 0.3 is 0 Å². The van der Waals surface area contributed by atoms with E-state index in [1.807, 2.05) is 18.2 Å². The van der Waals surface area contributed by atoms with Crippen LogP contribution in [0.15, 0.2) is 22.7 Å². The number of benzene rings is 1. The highest BCUT2D eigenvalue weighted by molar-refractivity contribution is 9.10. The van der Waals surface area contributed by atoms with Gasteiger partial charge in [0.25, 0.3) is 0 Å². The second-order valence-electron chi connectivity index (χ2n) is 5.61. The molecule has 1 aromatic rings. The van der Waals surface area contributed by atoms with E-state index >= 15 is 0 Å². The summed E-state index contributed by atoms with van der Waals surface area (Å²) in [6.45, 7) is 0.493. The first kappa shape index (κ1) is 13.1. The zero-order valence-electron chi connectivity index (χ0n) is 11.0. The molecule has 1 aromatic carbocycles. The first-order valence-electron chi connectivity index (χ1n) is 6.76.